The van der Waals surface area contributed by atoms with Crippen LogP contribution in [0.5, 0.6) is 11.5 Å². The summed E-state index contributed by atoms with van der Waals surface area (Å²) >= 11 is 0. The van der Waals surface area contributed by atoms with Crippen LogP contribution in [-0.2, 0) is 10.0 Å². The molecule has 8 nitrogen and oxygen atoms in total. The molecule has 3 aromatic rings. The Morgan fingerprint density at radius 1 is 0.935 bits per heavy atom. The fourth-order valence-electron chi connectivity index (χ4n) is 2.68. The van der Waals surface area contributed by atoms with Crippen molar-refractivity contribution >= 4 is 27.8 Å². The smallest absolute Gasteiger partial charge is 0.271 e. The number of carbonyl (C=O) groups excluding carboxylic acids is 1. The maximum Gasteiger partial charge on any atom is 0.271 e. The van der Waals surface area contributed by atoms with Crippen molar-refractivity contribution in [2.24, 2.45) is 5.10 Å². The Labute approximate surface area is 180 Å². The number of ether oxygens (including phenoxy) is 2. The first kappa shape index (κ1) is 21.8. The molecule has 0 aromatic heterocycles. The van der Waals surface area contributed by atoms with Gasteiger partial charge in [-0.2, -0.15) is 5.10 Å². The fraction of sp³-hybridized carbons (Fsp3) is 0.0909. The Balaban J connectivity index is 1.72. The van der Waals surface area contributed by atoms with Crippen LogP contribution in [0.1, 0.15) is 15.9 Å². The number of hydrazone groups is 1. The first-order valence-electron chi connectivity index (χ1n) is 9.16. The lowest BCUT2D eigenvalue weighted by atomic mass is 10.2. The van der Waals surface area contributed by atoms with Crippen molar-refractivity contribution in [1.82, 2.24) is 5.43 Å². The third-order valence-electron chi connectivity index (χ3n) is 4.26. The molecule has 0 radical (unpaired) electrons. The van der Waals surface area contributed by atoms with Crippen LogP contribution in [0.2, 0.25) is 0 Å². The van der Waals surface area contributed by atoms with Crippen molar-refractivity contribution in [3.8, 4) is 11.5 Å². The minimum absolute atomic E-state index is 0.0512. The number of nitrogens with zero attached hydrogens (tertiary/aromatic N) is 1. The summed E-state index contributed by atoms with van der Waals surface area (Å²) in [7, 11) is -0.824. The number of para-hydroxylation sites is 1. The number of sulfonamides is 1. The van der Waals surface area contributed by atoms with E-state index in [9.17, 15) is 13.2 Å². The van der Waals surface area contributed by atoms with Crippen LogP contribution in [0.4, 0.5) is 5.69 Å². The molecule has 160 valence electrons. The number of nitrogens with one attached hydrogen (secondary N) is 2. The Kier molecular flexibility index (Phi) is 6.88. The van der Waals surface area contributed by atoms with E-state index in [4.69, 9.17) is 9.47 Å². The van der Waals surface area contributed by atoms with Gasteiger partial charge in [0.15, 0.2) is 0 Å². The lowest BCUT2D eigenvalue weighted by Gasteiger charge is -2.10. The van der Waals surface area contributed by atoms with Crippen LogP contribution in [0, 0.1) is 0 Å². The van der Waals surface area contributed by atoms with E-state index in [0.717, 1.165) is 0 Å². The highest BCUT2D eigenvalue weighted by Crippen LogP contribution is 2.20. The quantitative estimate of drug-likeness (QED) is 0.414. The van der Waals surface area contributed by atoms with E-state index in [0.29, 0.717) is 22.7 Å². The lowest BCUT2D eigenvalue weighted by Crippen LogP contribution is -2.19. The van der Waals surface area contributed by atoms with E-state index in [1.807, 2.05) is 12.1 Å². The van der Waals surface area contributed by atoms with Gasteiger partial charge in [0, 0.05) is 16.8 Å². The van der Waals surface area contributed by atoms with Gasteiger partial charge in [0.05, 0.1) is 25.3 Å². The van der Waals surface area contributed by atoms with Crippen LogP contribution in [0.15, 0.2) is 82.8 Å². The predicted molar refractivity (Wildman–Crippen MR) is 118 cm³/mol. The number of hydrogen-bond acceptors (Lipinski definition) is 6. The Morgan fingerprint density at radius 2 is 1.68 bits per heavy atom. The van der Waals surface area contributed by atoms with E-state index in [-0.39, 0.29) is 10.5 Å². The third-order valence-corrected chi connectivity index (χ3v) is 5.64. The van der Waals surface area contributed by atoms with Crippen LogP contribution < -0.4 is 19.6 Å². The molecule has 0 saturated carbocycles. The average molecular weight is 439 g/mol. The summed E-state index contributed by atoms with van der Waals surface area (Å²) in [5.74, 6) is 0.668. The van der Waals surface area contributed by atoms with E-state index in [1.165, 1.54) is 44.7 Å². The molecule has 0 unspecified atom stereocenters. The molecule has 3 rings (SSSR count). The SMILES string of the molecule is COc1ccc(NS(=O)(=O)c2cccc(C(=O)NN=Cc3ccccc3OC)c2)cc1. The minimum atomic E-state index is -3.89. The molecule has 2 N–H and O–H groups in total. The molecule has 0 bridgehead atoms. The Hall–Kier alpha value is -3.85. The van der Waals surface area contributed by atoms with Gasteiger partial charge >= 0.3 is 0 Å². The molecule has 0 aliphatic carbocycles. The third kappa shape index (κ3) is 5.61. The van der Waals surface area contributed by atoms with E-state index >= 15 is 0 Å². The van der Waals surface area contributed by atoms with Crippen LogP contribution in [-0.4, -0.2) is 34.8 Å². The molecule has 0 aliphatic rings. The monoisotopic (exact) mass is 439 g/mol. The van der Waals surface area contributed by atoms with Crippen molar-refractivity contribution in [2.45, 2.75) is 4.90 Å². The number of amides is 1. The molecule has 31 heavy (non-hydrogen) atoms. The molecular weight excluding hydrogens is 418 g/mol. The second kappa shape index (κ2) is 9.77. The highest BCUT2D eigenvalue weighted by atomic mass is 32.2. The second-order valence-electron chi connectivity index (χ2n) is 6.30. The molecule has 0 fully saturated rings. The number of methoxy groups -OCH3 is 2. The first-order chi connectivity index (χ1) is 14.9. The highest BCUT2D eigenvalue weighted by molar-refractivity contribution is 7.92. The minimum Gasteiger partial charge on any atom is -0.497 e. The summed E-state index contributed by atoms with van der Waals surface area (Å²) in [5, 5.41) is 3.92. The van der Waals surface area contributed by atoms with Crippen molar-refractivity contribution in [3.63, 3.8) is 0 Å². The number of hydrogen-bond donors (Lipinski definition) is 2. The normalized spacial score (nSPS) is 11.2. The van der Waals surface area contributed by atoms with E-state index < -0.39 is 15.9 Å². The maximum atomic E-state index is 12.7. The zero-order valence-corrected chi connectivity index (χ0v) is 17.7. The summed E-state index contributed by atoms with van der Waals surface area (Å²) in [6, 6.07) is 19.3. The van der Waals surface area contributed by atoms with Gasteiger partial charge in [-0.05, 0) is 54.6 Å². The number of benzene rings is 3. The predicted octanol–water partition coefficient (Wildman–Crippen LogP) is 3.27. The Morgan fingerprint density at radius 3 is 2.39 bits per heavy atom. The molecular formula is C22H21N3O5S. The van der Waals surface area contributed by atoms with Crippen molar-refractivity contribution < 1.29 is 22.7 Å². The van der Waals surface area contributed by atoms with Gasteiger partial charge in [-0.25, -0.2) is 13.8 Å². The largest absolute Gasteiger partial charge is 0.497 e. The van der Waals surface area contributed by atoms with E-state index in [2.05, 4.69) is 15.2 Å². The van der Waals surface area contributed by atoms with Crippen LogP contribution in [0.3, 0.4) is 0 Å². The van der Waals surface area contributed by atoms with Crippen molar-refractivity contribution in [2.75, 3.05) is 18.9 Å². The summed E-state index contributed by atoms with van der Waals surface area (Å²) in [5.41, 5.74) is 3.59. The zero-order chi connectivity index (χ0) is 22.3. The topological polar surface area (TPSA) is 106 Å². The lowest BCUT2D eigenvalue weighted by molar-refractivity contribution is 0.0955. The van der Waals surface area contributed by atoms with Gasteiger partial charge in [0.2, 0.25) is 0 Å². The molecule has 9 heteroatoms. The molecule has 0 aliphatic heterocycles. The van der Waals surface area contributed by atoms with Gasteiger partial charge in [-0.15, -0.1) is 0 Å². The van der Waals surface area contributed by atoms with Gasteiger partial charge in [0.1, 0.15) is 11.5 Å². The fourth-order valence-corrected chi connectivity index (χ4v) is 3.78. The number of rotatable bonds is 8. The van der Waals surface area contributed by atoms with Crippen LogP contribution >= 0.6 is 0 Å². The summed E-state index contributed by atoms with van der Waals surface area (Å²) in [6.45, 7) is 0. The van der Waals surface area contributed by atoms with E-state index in [1.54, 1.807) is 36.4 Å². The zero-order valence-electron chi connectivity index (χ0n) is 16.9. The second-order valence-corrected chi connectivity index (χ2v) is 7.99. The molecule has 1 amide bonds. The number of carbonyl (C=O) groups is 1. The standard InChI is InChI=1S/C22H21N3O5S/c1-29-19-12-10-18(11-13-19)25-31(27,28)20-8-5-7-16(14-20)22(26)24-23-15-17-6-3-4-9-21(17)30-2/h3-15,25H,1-2H3,(H,24,26). The van der Waals surface area contributed by atoms with Gasteiger partial charge in [-0.1, -0.05) is 18.2 Å². The average Bonchev–Trinajstić information content (AvgIpc) is 2.79. The first-order valence-corrected chi connectivity index (χ1v) is 10.6. The Bertz CT molecular complexity index is 1190. The van der Waals surface area contributed by atoms with Crippen molar-refractivity contribution in [1.29, 1.82) is 0 Å². The summed E-state index contributed by atoms with van der Waals surface area (Å²) in [4.78, 5) is 12.4. The number of anilines is 1. The van der Waals surface area contributed by atoms with Gasteiger partial charge < -0.3 is 9.47 Å². The van der Waals surface area contributed by atoms with Crippen LogP contribution in [0.25, 0.3) is 0 Å². The van der Waals surface area contributed by atoms with Crippen molar-refractivity contribution in [3.05, 3.63) is 83.9 Å². The molecule has 3 aromatic carbocycles. The summed E-state index contributed by atoms with van der Waals surface area (Å²) in [6.07, 6.45) is 1.45. The maximum absolute atomic E-state index is 12.7. The summed E-state index contributed by atoms with van der Waals surface area (Å²) < 4.78 is 38.1. The molecule has 0 spiro atoms. The van der Waals surface area contributed by atoms with Gasteiger partial charge in [0.25, 0.3) is 15.9 Å². The molecule has 0 saturated heterocycles. The molecule has 0 heterocycles. The van der Waals surface area contributed by atoms with Gasteiger partial charge in [-0.3, -0.25) is 9.52 Å². The molecule has 0 atom stereocenters. The highest BCUT2D eigenvalue weighted by Gasteiger charge is 2.16.